The van der Waals surface area contributed by atoms with E-state index in [1.165, 1.54) is 48.9 Å². The average molecular weight is 611 g/mol. The van der Waals surface area contributed by atoms with Gasteiger partial charge in [0.15, 0.2) is 0 Å². The highest BCUT2D eigenvalue weighted by Gasteiger charge is 2.26. The van der Waals surface area contributed by atoms with E-state index in [-0.39, 0.29) is 0 Å². The molecule has 11 aromatic rings. The van der Waals surface area contributed by atoms with E-state index in [9.17, 15) is 5.26 Å². The second kappa shape index (κ2) is 9.12. The number of nitrogens with zero attached hydrogens (tertiary/aromatic N) is 6. The lowest BCUT2D eigenvalue weighted by Gasteiger charge is -2.12. The van der Waals surface area contributed by atoms with Gasteiger partial charge in [0, 0.05) is 44.1 Å². The molecule has 5 heterocycles. The summed E-state index contributed by atoms with van der Waals surface area (Å²) in [6.07, 6.45) is 1.77. The van der Waals surface area contributed by atoms with Crippen LogP contribution in [0, 0.1) is 11.3 Å². The van der Waals surface area contributed by atoms with Crippen molar-refractivity contribution < 1.29 is 0 Å². The van der Waals surface area contributed by atoms with Crippen LogP contribution in [-0.4, -0.2) is 23.9 Å². The van der Waals surface area contributed by atoms with Crippen molar-refractivity contribution in [1.82, 2.24) is 23.9 Å². The van der Waals surface area contributed by atoms with Crippen LogP contribution in [-0.2, 0) is 0 Å². The molecule has 11 rings (SSSR count). The Morgan fingerprint density at radius 2 is 1.27 bits per heavy atom. The Morgan fingerprint density at radius 1 is 0.562 bits per heavy atom. The van der Waals surface area contributed by atoms with Crippen LogP contribution in [0.4, 0.5) is 0 Å². The molecule has 5 aromatic heterocycles. The molecule has 6 nitrogen and oxygen atoms in total. The number of aromatic nitrogens is 5. The molecule has 0 aliphatic rings. The monoisotopic (exact) mass is 610 g/mol. The van der Waals surface area contributed by atoms with Crippen LogP contribution in [0.1, 0.15) is 5.56 Å². The van der Waals surface area contributed by atoms with Gasteiger partial charge in [-0.15, -0.1) is 0 Å². The van der Waals surface area contributed by atoms with Gasteiger partial charge < -0.3 is 4.40 Å². The molecule has 0 radical (unpaired) electrons. The topological polar surface area (TPSA) is 71.8 Å². The lowest BCUT2D eigenvalue weighted by Crippen LogP contribution is -2.04. The molecule has 6 heteroatoms. The van der Waals surface area contributed by atoms with Gasteiger partial charge in [-0.05, 0) is 65.4 Å². The van der Waals surface area contributed by atoms with Crippen molar-refractivity contribution in [2.24, 2.45) is 0 Å². The lowest BCUT2D eigenvalue weighted by molar-refractivity contribution is 1.01. The minimum Gasteiger partial charge on any atom is -0.308 e. The van der Waals surface area contributed by atoms with Gasteiger partial charge in [0.25, 0.3) is 0 Å². The first-order valence-electron chi connectivity index (χ1n) is 15.9. The van der Waals surface area contributed by atoms with Crippen LogP contribution in [0.5, 0.6) is 0 Å². The Hall–Kier alpha value is -6.84. The number of fused-ring (bicyclic) bond motifs is 12. The van der Waals surface area contributed by atoms with Gasteiger partial charge in [0.2, 0.25) is 5.95 Å². The molecular weight excluding hydrogens is 589 g/mol. The van der Waals surface area contributed by atoms with Crippen LogP contribution < -0.4 is 0 Å². The molecule has 0 bridgehead atoms. The summed E-state index contributed by atoms with van der Waals surface area (Å²) in [5, 5.41) is 19.0. The van der Waals surface area contributed by atoms with Crippen molar-refractivity contribution in [3.05, 3.63) is 139 Å². The normalized spacial score (nSPS) is 12.1. The highest BCUT2D eigenvalue weighted by molar-refractivity contribution is 6.34. The number of benzene rings is 6. The molecule has 0 N–H and O–H groups in total. The van der Waals surface area contributed by atoms with Gasteiger partial charge >= 0.3 is 0 Å². The summed E-state index contributed by atoms with van der Waals surface area (Å²) in [5.41, 5.74) is 9.38. The first-order chi connectivity index (χ1) is 23.8. The molecule has 0 aliphatic heterocycles. The first kappa shape index (κ1) is 25.4. The van der Waals surface area contributed by atoms with E-state index in [4.69, 9.17) is 15.0 Å². The van der Waals surface area contributed by atoms with Gasteiger partial charge in [0.1, 0.15) is 11.2 Å². The molecule has 220 valence electrons. The number of pyridine rings is 1. The molecule has 0 aliphatic carbocycles. The smallest absolute Gasteiger partial charge is 0.235 e. The molecular formula is C42H22N6. The van der Waals surface area contributed by atoms with Gasteiger partial charge in [-0.1, -0.05) is 72.8 Å². The number of hydrogen-bond acceptors (Lipinski definition) is 4. The van der Waals surface area contributed by atoms with E-state index < -0.39 is 0 Å². The maximum Gasteiger partial charge on any atom is 0.235 e. The first-order valence-corrected chi connectivity index (χ1v) is 15.9. The van der Waals surface area contributed by atoms with E-state index in [1.54, 1.807) is 6.20 Å². The zero-order valence-corrected chi connectivity index (χ0v) is 25.4. The molecule has 0 fully saturated rings. The molecule has 0 spiro atoms. The molecule has 48 heavy (non-hydrogen) atoms. The number of rotatable bonds is 2. The fourth-order valence-electron chi connectivity index (χ4n) is 7.86. The summed E-state index contributed by atoms with van der Waals surface area (Å²) in [6.45, 7) is 0. The quantitative estimate of drug-likeness (QED) is 0.195. The fourth-order valence-corrected chi connectivity index (χ4v) is 7.86. The predicted molar refractivity (Wildman–Crippen MR) is 194 cm³/mol. The minimum absolute atomic E-state index is 0.577. The summed E-state index contributed by atoms with van der Waals surface area (Å²) in [4.78, 5) is 15.2. The van der Waals surface area contributed by atoms with E-state index in [0.29, 0.717) is 11.5 Å². The van der Waals surface area contributed by atoms with Crippen molar-refractivity contribution in [1.29, 1.82) is 5.26 Å². The van der Waals surface area contributed by atoms with Crippen molar-refractivity contribution in [3.8, 4) is 23.3 Å². The summed E-state index contributed by atoms with van der Waals surface area (Å²) in [5.74, 6) is 0.577. The van der Waals surface area contributed by atoms with Crippen LogP contribution >= 0.6 is 0 Å². The standard InChI is InChI=1S/C42H22N6/c43-23-24-15-17-25(18-16-24)38-39-33(12-7-19-44-39)45-42(46-38)48-35-14-6-4-11-29(35)31-22-30-28-10-3-5-13-34(28)47-36-21-27-9-2-1-8-26(27)20-32(36)37(40(30)47)41(31)48/h1-22H. The third kappa shape index (κ3) is 3.22. The Morgan fingerprint density at radius 3 is 2.08 bits per heavy atom. The van der Waals surface area contributed by atoms with Gasteiger partial charge in [-0.3, -0.25) is 9.55 Å². The van der Waals surface area contributed by atoms with Crippen molar-refractivity contribution in [2.75, 3.05) is 0 Å². The molecule has 0 saturated heterocycles. The SMILES string of the molecule is N#Cc1ccc(-c2nc(-n3c4ccccc4c4cc5c6ccccc6n6c7cc8ccccc8cc7c(c43)c56)nc3cccnc23)cc1. The maximum atomic E-state index is 9.45. The zero-order chi connectivity index (χ0) is 31.5. The van der Waals surface area contributed by atoms with Crippen LogP contribution in [0.2, 0.25) is 0 Å². The fraction of sp³-hybridized carbons (Fsp3) is 0. The highest BCUT2D eigenvalue weighted by Crippen LogP contribution is 2.47. The van der Waals surface area contributed by atoms with Gasteiger partial charge in [-0.25, -0.2) is 9.97 Å². The van der Waals surface area contributed by atoms with E-state index in [2.05, 4.69) is 106 Å². The van der Waals surface area contributed by atoms with Crippen LogP contribution in [0.25, 0.3) is 98.9 Å². The summed E-state index contributed by atoms with van der Waals surface area (Å²) >= 11 is 0. The molecule has 0 unspecified atom stereocenters. The number of para-hydroxylation sites is 2. The highest BCUT2D eigenvalue weighted by atomic mass is 15.2. The Kier molecular flexibility index (Phi) is 4.82. The van der Waals surface area contributed by atoms with Crippen molar-refractivity contribution >= 4 is 81.7 Å². The molecule has 6 aromatic carbocycles. The summed E-state index contributed by atoms with van der Waals surface area (Å²) < 4.78 is 4.68. The second-order valence-corrected chi connectivity index (χ2v) is 12.4. The average Bonchev–Trinajstić information content (AvgIpc) is 3.77. The maximum absolute atomic E-state index is 9.45. The van der Waals surface area contributed by atoms with Crippen molar-refractivity contribution in [2.45, 2.75) is 0 Å². The van der Waals surface area contributed by atoms with E-state index >= 15 is 0 Å². The minimum atomic E-state index is 0.577. The van der Waals surface area contributed by atoms with Gasteiger partial charge in [-0.2, -0.15) is 5.26 Å². The van der Waals surface area contributed by atoms with Crippen LogP contribution in [0.15, 0.2) is 134 Å². The Labute approximate surface area is 272 Å². The largest absolute Gasteiger partial charge is 0.308 e. The van der Waals surface area contributed by atoms with E-state index in [0.717, 1.165) is 44.1 Å². The molecule has 0 saturated carbocycles. The van der Waals surface area contributed by atoms with E-state index in [1.807, 2.05) is 36.4 Å². The Balaban J connectivity index is 1.37. The molecule has 0 atom stereocenters. The predicted octanol–water partition coefficient (Wildman–Crippen LogP) is 9.96. The second-order valence-electron chi connectivity index (χ2n) is 12.4. The third-order valence-corrected chi connectivity index (χ3v) is 9.89. The van der Waals surface area contributed by atoms with Crippen molar-refractivity contribution in [3.63, 3.8) is 0 Å². The number of nitriles is 1. The number of hydrogen-bond donors (Lipinski definition) is 0. The third-order valence-electron chi connectivity index (χ3n) is 9.89. The van der Waals surface area contributed by atoms with Crippen LogP contribution in [0.3, 0.4) is 0 Å². The lowest BCUT2D eigenvalue weighted by atomic mass is 10.0. The Bertz CT molecular complexity index is 3180. The van der Waals surface area contributed by atoms with Gasteiger partial charge in [0.05, 0.1) is 44.7 Å². The molecule has 0 amide bonds. The summed E-state index contributed by atoms with van der Waals surface area (Å²) in [7, 11) is 0. The zero-order valence-electron chi connectivity index (χ0n) is 25.4. The summed E-state index contributed by atoms with van der Waals surface area (Å²) in [6, 6.07) is 46.5.